The molecule has 0 aliphatic rings. The van der Waals surface area contributed by atoms with Crippen LogP contribution >= 0.6 is 34.8 Å². The molecule has 0 saturated heterocycles. The minimum absolute atomic E-state index is 0.0108. The molecular formula is C9H14Cl3NO6S. The van der Waals surface area contributed by atoms with Crippen molar-refractivity contribution in [2.45, 2.75) is 30.1 Å². The van der Waals surface area contributed by atoms with Crippen LogP contribution in [0.1, 0.15) is 20.3 Å². The maximum Gasteiger partial charge on any atom is 0.337 e. The number of nitrogens with one attached hydrogen (secondary N) is 1. The van der Waals surface area contributed by atoms with Crippen LogP contribution in [0.15, 0.2) is 0 Å². The van der Waals surface area contributed by atoms with E-state index >= 15 is 0 Å². The number of Topliss-reactive ketones (excluding diaryl/α,β-unsaturated/α-hetero) is 1. The molecule has 0 spiro atoms. The van der Waals surface area contributed by atoms with Crippen molar-refractivity contribution < 1.29 is 26.9 Å². The monoisotopic (exact) mass is 369 g/mol. The lowest BCUT2D eigenvalue weighted by molar-refractivity contribution is -0.148. The SMILES string of the molecule is CCOC(=O)C(NS(=O)(=O)OCC(Cl)(Cl)Cl)C(=O)CC. The van der Waals surface area contributed by atoms with Crippen molar-refractivity contribution >= 4 is 56.9 Å². The molecule has 7 nitrogen and oxygen atoms in total. The molecule has 0 heterocycles. The van der Waals surface area contributed by atoms with Crippen LogP contribution in [0.3, 0.4) is 0 Å². The van der Waals surface area contributed by atoms with Gasteiger partial charge in [-0.25, -0.2) is 4.79 Å². The first-order valence-corrected chi connectivity index (χ1v) is 7.99. The molecule has 0 aromatic heterocycles. The van der Waals surface area contributed by atoms with Crippen molar-refractivity contribution in [1.82, 2.24) is 4.72 Å². The van der Waals surface area contributed by atoms with Gasteiger partial charge in [0, 0.05) is 6.42 Å². The van der Waals surface area contributed by atoms with Crippen molar-refractivity contribution in [3.8, 4) is 0 Å². The van der Waals surface area contributed by atoms with E-state index in [1.165, 1.54) is 13.8 Å². The highest BCUT2D eigenvalue weighted by Gasteiger charge is 2.33. The van der Waals surface area contributed by atoms with Gasteiger partial charge >= 0.3 is 16.3 Å². The second kappa shape index (κ2) is 8.35. The standard InChI is InChI=1S/C9H14Cl3NO6S/c1-3-6(14)7(8(15)18-4-2)13-20(16,17)19-5-9(10,11)12/h7,13H,3-5H2,1-2H3. The molecule has 0 rings (SSSR count). The van der Waals surface area contributed by atoms with E-state index in [1.54, 1.807) is 4.72 Å². The molecule has 0 aliphatic carbocycles. The Bertz CT molecular complexity index is 447. The number of ether oxygens (including phenoxy) is 1. The van der Waals surface area contributed by atoms with Gasteiger partial charge in [0.2, 0.25) is 3.79 Å². The summed E-state index contributed by atoms with van der Waals surface area (Å²) in [5, 5.41) is 0. The van der Waals surface area contributed by atoms with Crippen molar-refractivity contribution in [2.75, 3.05) is 13.2 Å². The molecule has 1 N–H and O–H groups in total. The molecule has 0 radical (unpaired) electrons. The van der Waals surface area contributed by atoms with Crippen LogP contribution in [-0.2, 0) is 28.8 Å². The van der Waals surface area contributed by atoms with E-state index < -0.39 is 38.5 Å². The Hall–Kier alpha value is -0.120. The number of alkyl halides is 3. The highest BCUT2D eigenvalue weighted by molar-refractivity contribution is 7.84. The van der Waals surface area contributed by atoms with Crippen LogP contribution in [0, 0.1) is 0 Å². The number of halogens is 3. The maximum absolute atomic E-state index is 11.5. The highest BCUT2D eigenvalue weighted by atomic mass is 35.6. The number of esters is 1. The van der Waals surface area contributed by atoms with E-state index in [9.17, 15) is 18.0 Å². The second-order valence-corrected chi connectivity index (χ2v) is 7.35. The zero-order valence-corrected chi connectivity index (χ0v) is 13.8. The van der Waals surface area contributed by atoms with Crippen molar-refractivity contribution in [1.29, 1.82) is 0 Å². The zero-order valence-electron chi connectivity index (χ0n) is 10.7. The molecule has 0 amide bonds. The molecule has 0 aromatic rings. The van der Waals surface area contributed by atoms with Crippen LogP contribution in [0.4, 0.5) is 0 Å². The van der Waals surface area contributed by atoms with Gasteiger partial charge in [-0.05, 0) is 6.92 Å². The summed E-state index contributed by atoms with van der Waals surface area (Å²) >= 11 is 16.0. The quantitative estimate of drug-likeness (QED) is 0.390. The summed E-state index contributed by atoms with van der Waals surface area (Å²) in [5.74, 6) is -1.70. The fourth-order valence-electron chi connectivity index (χ4n) is 0.998. The number of hydrogen-bond acceptors (Lipinski definition) is 6. The predicted octanol–water partition coefficient (Wildman–Crippen LogP) is 1.12. The van der Waals surface area contributed by atoms with Gasteiger partial charge in [0.25, 0.3) is 0 Å². The molecular weight excluding hydrogens is 357 g/mol. The number of hydrogen-bond donors (Lipinski definition) is 1. The average molecular weight is 371 g/mol. The Labute approximate surface area is 132 Å². The van der Waals surface area contributed by atoms with E-state index in [1.807, 2.05) is 0 Å². The van der Waals surface area contributed by atoms with Gasteiger partial charge in [-0.15, -0.1) is 0 Å². The molecule has 1 unspecified atom stereocenters. The van der Waals surface area contributed by atoms with Crippen molar-refractivity contribution in [3.63, 3.8) is 0 Å². The third-order valence-corrected chi connectivity index (χ3v) is 3.11. The molecule has 118 valence electrons. The molecule has 11 heteroatoms. The van der Waals surface area contributed by atoms with Gasteiger partial charge in [-0.3, -0.25) is 8.98 Å². The topological polar surface area (TPSA) is 98.8 Å². The Morgan fingerprint density at radius 1 is 1.25 bits per heavy atom. The molecule has 0 fully saturated rings. The third kappa shape index (κ3) is 8.23. The Balaban J connectivity index is 4.88. The summed E-state index contributed by atoms with van der Waals surface area (Å²) < 4.78 is 31.8. The summed E-state index contributed by atoms with van der Waals surface area (Å²) in [7, 11) is -4.46. The first-order chi connectivity index (χ1) is 9.02. The number of ketones is 1. The minimum Gasteiger partial charge on any atom is -0.464 e. The Morgan fingerprint density at radius 2 is 1.80 bits per heavy atom. The van der Waals surface area contributed by atoms with Gasteiger partial charge in [0.1, 0.15) is 6.61 Å². The summed E-state index contributed by atoms with van der Waals surface area (Å²) in [6.45, 7) is 2.19. The molecule has 0 bridgehead atoms. The van der Waals surface area contributed by atoms with Gasteiger partial charge in [0.05, 0.1) is 6.61 Å². The van der Waals surface area contributed by atoms with Crippen LogP contribution < -0.4 is 4.72 Å². The molecule has 0 saturated carbocycles. The fourth-order valence-corrected chi connectivity index (χ4v) is 2.27. The highest BCUT2D eigenvalue weighted by Crippen LogP contribution is 2.26. The molecule has 20 heavy (non-hydrogen) atoms. The minimum atomic E-state index is -4.46. The number of carbonyl (C=O) groups is 2. The smallest absolute Gasteiger partial charge is 0.337 e. The summed E-state index contributed by atoms with van der Waals surface area (Å²) in [5.41, 5.74) is 0. The average Bonchev–Trinajstić information content (AvgIpc) is 2.32. The summed E-state index contributed by atoms with van der Waals surface area (Å²) in [4.78, 5) is 23.1. The number of carbonyl (C=O) groups excluding carboxylic acids is 2. The van der Waals surface area contributed by atoms with E-state index in [2.05, 4.69) is 8.92 Å². The van der Waals surface area contributed by atoms with E-state index in [0.717, 1.165) is 0 Å². The van der Waals surface area contributed by atoms with Crippen LogP contribution in [-0.4, -0.2) is 43.2 Å². The van der Waals surface area contributed by atoms with Gasteiger partial charge in [-0.2, -0.15) is 13.1 Å². The number of rotatable bonds is 8. The first-order valence-electron chi connectivity index (χ1n) is 5.45. The lowest BCUT2D eigenvalue weighted by atomic mass is 10.1. The Kier molecular flexibility index (Phi) is 8.30. The van der Waals surface area contributed by atoms with E-state index in [4.69, 9.17) is 34.8 Å². The zero-order chi connectivity index (χ0) is 16.0. The van der Waals surface area contributed by atoms with Crippen LogP contribution in [0.25, 0.3) is 0 Å². The normalized spacial score (nSPS) is 13.8. The lowest BCUT2D eigenvalue weighted by Crippen LogP contribution is -2.48. The Morgan fingerprint density at radius 3 is 2.20 bits per heavy atom. The van der Waals surface area contributed by atoms with Gasteiger partial charge in [0.15, 0.2) is 11.8 Å². The summed E-state index contributed by atoms with van der Waals surface area (Å²) in [6, 6.07) is -1.69. The van der Waals surface area contributed by atoms with E-state index in [-0.39, 0.29) is 13.0 Å². The third-order valence-electron chi connectivity index (χ3n) is 1.83. The van der Waals surface area contributed by atoms with Crippen LogP contribution in [0.5, 0.6) is 0 Å². The summed E-state index contributed by atoms with van der Waals surface area (Å²) in [6.07, 6.45) is -0.0730. The van der Waals surface area contributed by atoms with Gasteiger partial charge in [-0.1, -0.05) is 41.7 Å². The lowest BCUT2D eigenvalue weighted by Gasteiger charge is -2.17. The maximum atomic E-state index is 11.5. The van der Waals surface area contributed by atoms with Crippen molar-refractivity contribution in [2.24, 2.45) is 0 Å². The largest absolute Gasteiger partial charge is 0.464 e. The first kappa shape index (κ1) is 19.9. The molecule has 1 atom stereocenters. The van der Waals surface area contributed by atoms with Crippen LogP contribution in [0.2, 0.25) is 0 Å². The fraction of sp³-hybridized carbons (Fsp3) is 0.778. The predicted molar refractivity (Wildman–Crippen MR) is 74.0 cm³/mol. The van der Waals surface area contributed by atoms with E-state index in [0.29, 0.717) is 0 Å². The van der Waals surface area contributed by atoms with Gasteiger partial charge < -0.3 is 4.74 Å². The van der Waals surface area contributed by atoms with Crippen molar-refractivity contribution in [3.05, 3.63) is 0 Å². The molecule has 0 aromatic carbocycles. The molecule has 0 aliphatic heterocycles. The second-order valence-electron chi connectivity index (χ2n) is 3.45.